The van der Waals surface area contributed by atoms with E-state index in [1.807, 2.05) is 0 Å². The molecule has 16 heavy (non-hydrogen) atoms. The molecule has 0 saturated carbocycles. The second-order valence-electron chi connectivity index (χ2n) is 3.49. The summed E-state index contributed by atoms with van der Waals surface area (Å²) in [4.78, 5) is 12.3. The molecule has 1 N–H and O–H groups in total. The molecule has 1 rings (SSSR count). The number of nitrogens with zero attached hydrogens (tertiary/aromatic N) is 1. The highest BCUT2D eigenvalue weighted by atomic mass is 19.1. The fourth-order valence-electron chi connectivity index (χ4n) is 1.42. The first-order valence-electron chi connectivity index (χ1n) is 4.76. The van der Waals surface area contributed by atoms with Crippen molar-refractivity contribution in [1.29, 1.82) is 0 Å². The Morgan fingerprint density at radius 2 is 2.12 bits per heavy atom. The van der Waals surface area contributed by atoms with Crippen LogP contribution in [-0.4, -0.2) is 29.6 Å². The highest BCUT2D eigenvalue weighted by Gasteiger charge is 2.21. The minimum absolute atomic E-state index is 0.0276. The molecule has 0 saturated heterocycles. The van der Waals surface area contributed by atoms with Crippen molar-refractivity contribution in [1.82, 2.24) is 4.90 Å². The van der Waals surface area contributed by atoms with E-state index in [-0.39, 0.29) is 11.5 Å². The van der Waals surface area contributed by atoms with Crippen LogP contribution in [-0.2, 0) is 4.79 Å². The largest absolute Gasteiger partial charge is 0.394 e. The molecule has 88 valence electrons. The summed E-state index contributed by atoms with van der Waals surface area (Å²) in [6.07, 6.45) is 0. The van der Waals surface area contributed by atoms with Gasteiger partial charge in [-0.15, -0.1) is 0 Å². The Morgan fingerprint density at radius 3 is 2.62 bits per heavy atom. The van der Waals surface area contributed by atoms with Crippen LogP contribution in [0, 0.1) is 11.6 Å². The third-order valence-corrected chi connectivity index (χ3v) is 2.45. The summed E-state index contributed by atoms with van der Waals surface area (Å²) in [6, 6.07) is 2.08. The summed E-state index contributed by atoms with van der Waals surface area (Å²) in [6.45, 7) is 0.830. The van der Waals surface area contributed by atoms with E-state index in [0.717, 1.165) is 23.1 Å². The monoisotopic (exact) mass is 229 g/mol. The lowest BCUT2D eigenvalue weighted by molar-refractivity contribution is -0.130. The van der Waals surface area contributed by atoms with Gasteiger partial charge >= 0.3 is 0 Å². The van der Waals surface area contributed by atoms with Crippen molar-refractivity contribution in [2.75, 3.05) is 13.7 Å². The molecule has 1 unspecified atom stereocenters. The van der Waals surface area contributed by atoms with Gasteiger partial charge in [-0.25, -0.2) is 8.78 Å². The molecule has 0 aliphatic carbocycles. The van der Waals surface area contributed by atoms with Gasteiger partial charge < -0.3 is 10.0 Å². The molecule has 0 aliphatic heterocycles. The van der Waals surface area contributed by atoms with E-state index in [0.29, 0.717) is 0 Å². The average molecular weight is 229 g/mol. The number of hydrogen-bond acceptors (Lipinski definition) is 2. The van der Waals surface area contributed by atoms with Crippen LogP contribution < -0.4 is 0 Å². The van der Waals surface area contributed by atoms with Crippen LogP contribution >= 0.6 is 0 Å². The fraction of sp³-hybridized carbons (Fsp3) is 0.364. The normalized spacial score (nSPS) is 12.3. The van der Waals surface area contributed by atoms with Crippen molar-refractivity contribution in [3.63, 3.8) is 0 Å². The van der Waals surface area contributed by atoms with Crippen LogP contribution in [0.5, 0.6) is 0 Å². The second-order valence-corrected chi connectivity index (χ2v) is 3.49. The van der Waals surface area contributed by atoms with E-state index >= 15 is 0 Å². The number of likely N-dealkylation sites (N-methyl/N-ethyl adjacent to an activating group) is 1. The molecule has 1 atom stereocenters. The van der Waals surface area contributed by atoms with Crippen LogP contribution in [0.4, 0.5) is 8.78 Å². The van der Waals surface area contributed by atoms with Gasteiger partial charge in [0.1, 0.15) is 11.6 Å². The van der Waals surface area contributed by atoms with E-state index in [4.69, 9.17) is 5.11 Å². The lowest BCUT2D eigenvalue weighted by Crippen LogP contribution is -2.32. The van der Waals surface area contributed by atoms with Gasteiger partial charge in [0, 0.05) is 19.5 Å². The summed E-state index contributed by atoms with van der Waals surface area (Å²) in [5.41, 5.74) is -0.0276. The predicted octanol–water partition coefficient (Wildman–Crippen LogP) is 1.48. The van der Waals surface area contributed by atoms with Crippen LogP contribution in [0.1, 0.15) is 18.5 Å². The number of carbonyl (C=O) groups excluding carboxylic acids is 1. The number of aliphatic hydroxyl groups excluding tert-OH is 1. The quantitative estimate of drug-likeness (QED) is 0.852. The first-order chi connectivity index (χ1) is 7.47. The van der Waals surface area contributed by atoms with E-state index in [1.165, 1.54) is 14.0 Å². The van der Waals surface area contributed by atoms with Crippen LogP contribution in [0.2, 0.25) is 0 Å². The maximum absolute atomic E-state index is 13.4. The zero-order chi connectivity index (χ0) is 12.3. The molecular weight excluding hydrogens is 216 g/mol. The number of rotatable bonds is 3. The van der Waals surface area contributed by atoms with Gasteiger partial charge in [-0.2, -0.15) is 0 Å². The van der Waals surface area contributed by atoms with Gasteiger partial charge in [0.05, 0.1) is 12.6 Å². The summed E-state index contributed by atoms with van der Waals surface area (Å²) < 4.78 is 26.4. The van der Waals surface area contributed by atoms with Gasteiger partial charge in [0.25, 0.3) is 0 Å². The molecule has 0 bridgehead atoms. The molecule has 0 aromatic heterocycles. The molecule has 0 heterocycles. The van der Waals surface area contributed by atoms with Crippen molar-refractivity contribution >= 4 is 5.91 Å². The molecule has 5 heteroatoms. The van der Waals surface area contributed by atoms with E-state index < -0.39 is 24.3 Å². The van der Waals surface area contributed by atoms with Gasteiger partial charge in [-0.05, 0) is 18.2 Å². The number of carbonyl (C=O) groups is 1. The maximum atomic E-state index is 13.4. The Balaban J connectivity index is 3.12. The van der Waals surface area contributed by atoms with E-state index in [1.54, 1.807) is 0 Å². The minimum Gasteiger partial charge on any atom is -0.394 e. The zero-order valence-electron chi connectivity index (χ0n) is 9.08. The fourth-order valence-corrected chi connectivity index (χ4v) is 1.42. The number of benzene rings is 1. The smallest absolute Gasteiger partial charge is 0.219 e. The van der Waals surface area contributed by atoms with Crippen LogP contribution in [0.15, 0.2) is 18.2 Å². The molecule has 0 aliphatic rings. The lowest BCUT2D eigenvalue weighted by atomic mass is 10.1. The Labute approximate surface area is 92.3 Å². The Kier molecular flexibility index (Phi) is 3.95. The van der Waals surface area contributed by atoms with Crippen molar-refractivity contribution in [2.24, 2.45) is 0 Å². The maximum Gasteiger partial charge on any atom is 0.219 e. The van der Waals surface area contributed by atoms with Crippen molar-refractivity contribution in [3.05, 3.63) is 35.4 Å². The highest BCUT2D eigenvalue weighted by Crippen LogP contribution is 2.22. The number of hydrogen-bond donors (Lipinski definition) is 1. The highest BCUT2D eigenvalue weighted by molar-refractivity contribution is 5.73. The third kappa shape index (κ3) is 2.55. The summed E-state index contributed by atoms with van der Waals surface area (Å²) in [5.74, 6) is -1.58. The van der Waals surface area contributed by atoms with Crippen LogP contribution in [0.25, 0.3) is 0 Å². The van der Waals surface area contributed by atoms with Gasteiger partial charge in [0.15, 0.2) is 0 Å². The predicted molar refractivity (Wildman–Crippen MR) is 54.6 cm³/mol. The minimum atomic E-state index is -0.867. The third-order valence-electron chi connectivity index (χ3n) is 2.45. The standard InChI is InChI=1S/C11H13F2NO2/c1-7(16)14(2)11(6-15)9-5-8(12)3-4-10(9)13/h3-5,11,15H,6H2,1-2H3. The van der Waals surface area contributed by atoms with Gasteiger partial charge in [-0.3, -0.25) is 4.79 Å². The van der Waals surface area contributed by atoms with Crippen LogP contribution in [0.3, 0.4) is 0 Å². The Bertz CT molecular complexity index is 396. The van der Waals surface area contributed by atoms with Crippen molar-refractivity contribution in [2.45, 2.75) is 13.0 Å². The SMILES string of the molecule is CC(=O)N(C)C(CO)c1cc(F)ccc1F. The molecule has 1 aromatic carbocycles. The lowest BCUT2D eigenvalue weighted by Gasteiger charge is -2.26. The van der Waals surface area contributed by atoms with Gasteiger partial charge in [-0.1, -0.05) is 0 Å². The topological polar surface area (TPSA) is 40.5 Å². The molecule has 1 aromatic rings. The van der Waals surface area contributed by atoms with Crippen molar-refractivity contribution in [3.8, 4) is 0 Å². The molecule has 0 spiro atoms. The molecule has 1 amide bonds. The Hall–Kier alpha value is -1.49. The van der Waals surface area contributed by atoms with Crippen molar-refractivity contribution < 1.29 is 18.7 Å². The first-order valence-corrected chi connectivity index (χ1v) is 4.76. The number of halogens is 2. The zero-order valence-corrected chi connectivity index (χ0v) is 9.08. The summed E-state index contributed by atoms with van der Waals surface area (Å²) in [7, 11) is 1.42. The van der Waals surface area contributed by atoms with Gasteiger partial charge in [0.2, 0.25) is 5.91 Å². The molecule has 0 radical (unpaired) electrons. The number of aliphatic hydroxyl groups is 1. The first kappa shape index (κ1) is 12.6. The van der Waals surface area contributed by atoms with E-state index in [9.17, 15) is 13.6 Å². The van der Waals surface area contributed by atoms with E-state index in [2.05, 4.69) is 0 Å². The average Bonchev–Trinajstić information content (AvgIpc) is 2.23. The summed E-state index contributed by atoms with van der Waals surface area (Å²) in [5, 5.41) is 9.13. The number of amides is 1. The summed E-state index contributed by atoms with van der Waals surface area (Å²) >= 11 is 0. The molecule has 3 nitrogen and oxygen atoms in total. The molecule has 0 fully saturated rings. The molecular formula is C11H13F2NO2. The Morgan fingerprint density at radius 1 is 1.50 bits per heavy atom. The second kappa shape index (κ2) is 5.03.